The second kappa shape index (κ2) is 8.42. The predicted molar refractivity (Wildman–Crippen MR) is 90.7 cm³/mol. The maximum atomic E-state index is 12.8. The van der Waals surface area contributed by atoms with E-state index in [2.05, 4.69) is 0 Å². The van der Waals surface area contributed by atoms with Gasteiger partial charge in [0.15, 0.2) is 18.1 Å². The first-order valence-electron chi connectivity index (χ1n) is 7.72. The Balaban J connectivity index is 3.31. The summed E-state index contributed by atoms with van der Waals surface area (Å²) in [5.74, 6) is 0.0666. The molecule has 0 spiro atoms. The fraction of sp³-hybridized carbons (Fsp3) is 0.529. The molecular weight excluding hydrogens is 312 g/mol. The normalized spacial score (nSPS) is 10.7. The summed E-state index contributed by atoms with van der Waals surface area (Å²) in [7, 11) is 2.89. The van der Waals surface area contributed by atoms with Crippen LogP contribution in [0.1, 0.15) is 38.1 Å². The van der Waals surface area contributed by atoms with Crippen LogP contribution >= 0.6 is 0 Å². The topological polar surface area (TPSA) is 91.1 Å². The maximum absolute atomic E-state index is 12.8. The van der Waals surface area contributed by atoms with Crippen molar-refractivity contribution in [3.8, 4) is 17.2 Å². The molecule has 2 N–H and O–H groups in total. The maximum Gasteiger partial charge on any atom is 0.255 e. The highest BCUT2D eigenvalue weighted by atomic mass is 16.5. The van der Waals surface area contributed by atoms with Crippen LogP contribution in [0, 0.1) is 0 Å². The molecule has 2 amide bonds. The number of benzene rings is 1. The molecule has 0 bridgehead atoms. The summed E-state index contributed by atoms with van der Waals surface area (Å²) in [6.45, 7) is 7.50. The molecule has 0 saturated carbocycles. The SMILES string of the molecule is COc1cc(C(=O)N(C(C)C)C(C)C)cc(OC)c1OCC(N)=O. The van der Waals surface area contributed by atoms with Crippen LogP contribution in [0.15, 0.2) is 12.1 Å². The standard InChI is InChI=1S/C17H26N2O5/c1-10(2)19(11(3)4)17(21)12-7-13(22-5)16(14(8-12)23-6)24-9-15(18)20/h7-8,10-11H,9H2,1-6H3,(H2,18,20). The van der Waals surface area contributed by atoms with Crippen molar-refractivity contribution >= 4 is 11.8 Å². The van der Waals surface area contributed by atoms with E-state index in [-0.39, 0.29) is 30.3 Å². The largest absolute Gasteiger partial charge is 0.493 e. The third-order valence-corrected chi connectivity index (χ3v) is 3.41. The molecule has 0 saturated heterocycles. The first kappa shape index (κ1) is 19.6. The van der Waals surface area contributed by atoms with Crippen LogP contribution in [0.2, 0.25) is 0 Å². The molecule has 7 nitrogen and oxygen atoms in total. The predicted octanol–water partition coefficient (Wildman–Crippen LogP) is 1.83. The Morgan fingerprint density at radius 2 is 1.50 bits per heavy atom. The van der Waals surface area contributed by atoms with Crippen molar-refractivity contribution in [2.45, 2.75) is 39.8 Å². The number of nitrogens with zero attached hydrogens (tertiary/aromatic N) is 1. The minimum atomic E-state index is -0.620. The number of nitrogens with two attached hydrogens (primary N) is 1. The number of ether oxygens (including phenoxy) is 3. The Morgan fingerprint density at radius 1 is 1.04 bits per heavy atom. The zero-order chi connectivity index (χ0) is 18.4. The van der Waals surface area contributed by atoms with Gasteiger partial charge >= 0.3 is 0 Å². The third kappa shape index (κ3) is 4.53. The zero-order valence-electron chi connectivity index (χ0n) is 15.1. The van der Waals surface area contributed by atoms with Gasteiger partial charge in [0.1, 0.15) is 0 Å². The van der Waals surface area contributed by atoms with Gasteiger partial charge < -0.3 is 24.8 Å². The quantitative estimate of drug-likeness (QED) is 0.781. The summed E-state index contributed by atoms with van der Waals surface area (Å²) in [5.41, 5.74) is 5.52. The van der Waals surface area contributed by atoms with E-state index in [0.29, 0.717) is 17.1 Å². The minimum Gasteiger partial charge on any atom is -0.493 e. The molecule has 1 aromatic carbocycles. The van der Waals surface area contributed by atoms with Crippen LogP contribution in [0.25, 0.3) is 0 Å². The number of carbonyl (C=O) groups excluding carboxylic acids is 2. The van der Waals surface area contributed by atoms with Gasteiger partial charge in [-0.1, -0.05) is 0 Å². The van der Waals surface area contributed by atoms with E-state index in [4.69, 9.17) is 19.9 Å². The summed E-state index contributed by atoms with van der Waals surface area (Å²) in [6, 6.07) is 3.22. The van der Waals surface area contributed by atoms with Gasteiger partial charge in [-0.3, -0.25) is 9.59 Å². The van der Waals surface area contributed by atoms with Gasteiger partial charge in [-0.25, -0.2) is 0 Å². The van der Waals surface area contributed by atoms with Gasteiger partial charge in [0.05, 0.1) is 14.2 Å². The van der Waals surface area contributed by atoms with Crippen LogP contribution in [0.3, 0.4) is 0 Å². The molecular formula is C17H26N2O5. The van der Waals surface area contributed by atoms with E-state index in [1.807, 2.05) is 27.7 Å². The second-order valence-corrected chi connectivity index (χ2v) is 5.86. The molecule has 24 heavy (non-hydrogen) atoms. The van der Waals surface area contributed by atoms with Crippen molar-refractivity contribution in [2.24, 2.45) is 5.73 Å². The Bertz CT molecular complexity index is 566. The molecule has 0 unspecified atom stereocenters. The van der Waals surface area contributed by atoms with Crippen LogP contribution < -0.4 is 19.9 Å². The van der Waals surface area contributed by atoms with Crippen LogP contribution in [0.4, 0.5) is 0 Å². The summed E-state index contributed by atoms with van der Waals surface area (Å²) in [6.07, 6.45) is 0. The molecule has 0 aromatic heterocycles. The molecule has 0 aliphatic heterocycles. The van der Waals surface area contributed by atoms with Crippen LogP contribution in [0.5, 0.6) is 17.2 Å². The van der Waals surface area contributed by atoms with Crippen molar-refractivity contribution in [3.63, 3.8) is 0 Å². The highest BCUT2D eigenvalue weighted by Gasteiger charge is 2.25. The molecule has 0 heterocycles. The lowest BCUT2D eigenvalue weighted by Gasteiger charge is -2.31. The van der Waals surface area contributed by atoms with Gasteiger partial charge in [-0.05, 0) is 39.8 Å². The lowest BCUT2D eigenvalue weighted by atomic mass is 10.1. The number of hydrogen-bond donors (Lipinski definition) is 1. The Labute approximate surface area is 142 Å². The number of amides is 2. The van der Waals surface area contributed by atoms with Crippen molar-refractivity contribution in [3.05, 3.63) is 17.7 Å². The monoisotopic (exact) mass is 338 g/mol. The summed E-state index contributed by atoms with van der Waals surface area (Å²) in [5, 5.41) is 0. The van der Waals surface area contributed by atoms with E-state index >= 15 is 0 Å². The average Bonchev–Trinajstić information content (AvgIpc) is 2.50. The number of primary amides is 1. The summed E-state index contributed by atoms with van der Waals surface area (Å²) in [4.78, 5) is 25.5. The molecule has 1 aromatic rings. The molecule has 0 fully saturated rings. The molecule has 134 valence electrons. The summed E-state index contributed by atoms with van der Waals surface area (Å²) >= 11 is 0. The number of methoxy groups -OCH3 is 2. The summed E-state index contributed by atoms with van der Waals surface area (Å²) < 4.78 is 15.9. The fourth-order valence-electron chi connectivity index (χ4n) is 2.50. The van der Waals surface area contributed by atoms with Crippen molar-refractivity contribution < 1.29 is 23.8 Å². The van der Waals surface area contributed by atoms with E-state index in [9.17, 15) is 9.59 Å². The van der Waals surface area contributed by atoms with Crippen LogP contribution in [-0.2, 0) is 4.79 Å². The number of rotatable bonds is 8. The first-order valence-corrected chi connectivity index (χ1v) is 7.72. The van der Waals surface area contributed by atoms with Gasteiger partial charge in [0, 0.05) is 17.6 Å². The smallest absolute Gasteiger partial charge is 0.255 e. The zero-order valence-corrected chi connectivity index (χ0v) is 15.1. The Kier molecular flexibility index (Phi) is 6.88. The lowest BCUT2D eigenvalue weighted by Crippen LogP contribution is -2.42. The highest BCUT2D eigenvalue weighted by Crippen LogP contribution is 2.39. The van der Waals surface area contributed by atoms with E-state index in [1.165, 1.54) is 14.2 Å². The molecule has 0 radical (unpaired) electrons. The van der Waals surface area contributed by atoms with Crippen molar-refractivity contribution in [1.82, 2.24) is 4.90 Å². The van der Waals surface area contributed by atoms with E-state index < -0.39 is 5.91 Å². The molecule has 0 aliphatic carbocycles. The van der Waals surface area contributed by atoms with Gasteiger partial charge in [-0.2, -0.15) is 0 Å². The first-order chi connectivity index (χ1) is 11.2. The van der Waals surface area contributed by atoms with Crippen molar-refractivity contribution in [1.29, 1.82) is 0 Å². The van der Waals surface area contributed by atoms with Crippen LogP contribution in [-0.4, -0.2) is 49.6 Å². The third-order valence-electron chi connectivity index (χ3n) is 3.41. The fourth-order valence-corrected chi connectivity index (χ4v) is 2.50. The minimum absolute atomic E-state index is 0.0419. The van der Waals surface area contributed by atoms with Crippen molar-refractivity contribution in [2.75, 3.05) is 20.8 Å². The number of carbonyl (C=O) groups is 2. The average molecular weight is 338 g/mol. The highest BCUT2D eigenvalue weighted by molar-refractivity contribution is 5.96. The Morgan fingerprint density at radius 3 is 1.83 bits per heavy atom. The van der Waals surface area contributed by atoms with Gasteiger partial charge in [0.25, 0.3) is 11.8 Å². The molecule has 7 heteroatoms. The van der Waals surface area contributed by atoms with E-state index in [0.717, 1.165) is 0 Å². The lowest BCUT2D eigenvalue weighted by molar-refractivity contribution is -0.120. The van der Waals surface area contributed by atoms with E-state index in [1.54, 1.807) is 17.0 Å². The molecule has 0 atom stereocenters. The second-order valence-electron chi connectivity index (χ2n) is 5.86. The number of hydrogen-bond acceptors (Lipinski definition) is 5. The Hall–Kier alpha value is -2.44. The van der Waals surface area contributed by atoms with Gasteiger partial charge in [0.2, 0.25) is 5.75 Å². The molecule has 1 rings (SSSR count). The van der Waals surface area contributed by atoms with Gasteiger partial charge in [-0.15, -0.1) is 0 Å². The molecule has 0 aliphatic rings.